The van der Waals surface area contributed by atoms with E-state index < -0.39 is 17.4 Å². The van der Waals surface area contributed by atoms with Crippen LogP contribution in [0, 0.1) is 0 Å². The maximum Gasteiger partial charge on any atom is 0.326 e. The van der Waals surface area contributed by atoms with Crippen molar-refractivity contribution in [3.05, 3.63) is 78.0 Å². The van der Waals surface area contributed by atoms with Crippen LogP contribution in [0.3, 0.4) is 0 Å². The molecule has 182 valence electrons. The molecule has 1 aliphatic rings. The van der Waals surface area contributed by atoms with E-state index in [4.69, 9.17) is 9.47 Å². The van der Waals surface area contributed by atoms with Crippen molar-refractivity contribution in [2.75, 3.05) is 14.2 Å². The van der Waals surface area contributed by atoms with Crippen molar-refractivity contribution in [3.8, 4) is 22.8 Å². The van der Waals surface area contributed by atoms with Gasteiger partial charge in [0.15, 0.2) is 0 Å². The number of hydrogen-bond acceptors (Lipinski definition) is 5. The van der Waals surface area contributed by atoms with Crippen molar-refractivity contribution < 1.29 is 24.2 Å². The zero-order chi connectivity index (χ0) is 24.8. The van der Waals surface area contributed by atoms with E-state index in [1.165, 1.54) is 7.11 Å². The molecule has 2 N–H and O–H groups in total. The second-order valence-corrected chi connectivity index (χ2v) is 8.84. The number of pyridine rings is 1. The number of aliphatic carboxylic acids is 1. The van der Waals surface area contributed by atoms with Gasteiger partial charge in [0.2, 0.25) is 11.8 Å². The Labute approximate surface area is 205 Å². The molecule has 0 aliphatic heterocycles. The Morgan fingerprint density at radius 1 is 1.03 bits per heavy atom. The Morgan fingerprint density at radius 2 is 1.74 bits per heavy atom. The van der Waals surface area contributed by atoms with E-state index in [-0.39, 0.29) is 12.3 Å². The molecule has 4 rings (SSSR count). The normalized spacial score (nSPS) is 15.3. The van der Waals surface area contributed by atoms with Gasteiger partial charge in [0, 0.05) is 24.2 Å². The third-order valence-corrected chi connectivity index (χ3v) is 6.80. The second kappa shape index (κ2) is 10.6. The van der Waals surface area contributed by atoms with Gasteiger partial charge in [-0.1, -0.05) is 55.3 Å². The number of nitrogens with zero attached hydrogens (tertiary/aromatic N) is 1. The molecule has 0 unspecified atom stereocenters. The van der Waals surface area contributed by atoms with Crippen molar-refractivity contribution in [2.24, 2.45) is 0 Å². The highest BCUT2D eigenvalue weighted by Crippen LogP contribution is 2.42. The van der Waals surface area contributed by atoms with Gasteiger partial charge >= 0.3 is 5.97 Å². The lowest BCUT2D eigenvalue weighted by molar-refractivity contribution is -0.142. The first-order chi connectivity index (χ1) is 17.0. The van der Waals surface area contributed by atoms with Gasteiger partial charge in [0.1, 0.15) is 11.8 Å². The molecule has 1 atom stereocenters. The number of benzene rings is 2. The predicted molar refractivity (Wildman–Crippen MR) is 133 cm³/mol. The molecule has 1 fully saturated rings. The minimum atomic E-state index is -1.06. The monoisotopic (exact) mass is 474 g/mol. The molecule has 3 aromatic rings. The average Bonchev–Trinajstić information content (AvgIpc) is 3.40. The Kier molecular flexibility index (Phi) is 7.34. The van der Waals surface area contributed by atoms with E-state index >= 15 is 0 Å². The summed E-state index contributed by atoms with van der Waals surface area (Å²) in [5.74, 6) is -0.120. The first kappa shape index (κ1) is 24.3. The molecule has 1 aromatic heterocycles. The fourth-order valence-electron chi connectivity index (χ4n) is 4.88. The first-order valence-electron chi connectivity index (χ1n) is 11.7. The van der Waals surface area contributed by atoms with Crippen LogP contribution in [0.5, 0.6) is 11.6 Å². The Balaban J connectivity index is 1.53. The number of para-hydroxylation sites is 1. The van der Waals surface area contributed by atoms with Crippen LogP contribution in [0.4, 0.5) is 0 Å². The summed E-state index contributed by atoms with van der Waals surface area (Å²) < 4.78 is 10.7. The number of carbonyl (C=O) groups is 2. The summed E-state index contributed by atoms with van der Waals surface area (Å²) in [5.41, 5.74) is 2.78. The van der Waals surface area contributed by atoms with Gasteiger partial charge in [-0.2, -0.15) is 0 Å². The number of nitrogens with one attached hydrogen (secondary N) is 1. The van der Waals surface area contributed by atoms with Gasteiger partial charge in [0.25, 0.3) is 0 Å². The highest BCUT2D eigenvalue weighted by Gasteiger charge is 2.44. The maximum absolute atomic E-state index is 13.5. The van der Waals surface area contributed by atoms with Crippen molar-refractivity contribution in [2.45, 2.75) is 43.6 Å². The Morgan fingerprint density at radius 3 is 2.40 bits per heavy atom. The number of methoxy groups -OCH3 is 2. The lowest BCUT2D eigenvalue weighted by Crippen LogP contribution is -2.50. The SMILES string of the molecule is COc1cc(C2(C(=O)N[C@@H](Cc3ccc(-c4ccccc4OC)cc3)C(=O)O)CCCC2)ccn1. The Hall–Kier alpha value is -3.87. The molecule has 1 saturated carbocycles. The van der Waals surface area contributed by atoms with E-state index in [2.05, 4.69) is 10.3 Å². The summed E-state index contributed by atoms with van der Waals surface area (Å²) in [6.45, 7) is 0. The highest BCUT2D eigenvalue weighted by atomic mass is 16.5. The zero-order valence-corrected chi connectivity index (χ0v) is 20.0. The number of carboxylic acids is 1. The second-order valence-electron chi connectivity index (χ2n) is 8.84. The summed E-state index contributed by atoms with van der Waals surface area (Å²) in [4.78, 5) is 29.8. The third kappa shape index (κ3) is 5.14. The largest absolute Gasteiger partial charge is 0.496 e. The van der Waals surface area contributed by atoms with Gasteiger partial charge < -0.3 is 19.9 Å². The molecule has 2 aromatic carbocycles. The van der Waals surface area contributed by atoms with Crippen molar-refractivity contribution in [1.29, 1.82) is 0 Å². The van der Waals surface area contributed by atoms with E-state index in [0.717, 1.165) is 40.8 Å². The van der Waals surface area contributed by atoms with Crippen LogP contribution in [-0.4, -0.2) is 42.2 Å². The molecule has 0 radical (unpaired) electrons. The fraction of sp³-hybridized carbons (Fsp3) is 0.321. The van der Waals surface area contributed by atoms with Crippen LogP contribution in [0.25, 0.3) is 11.1 Å². The summed E-state index contributed by atoms with van der Waals surface area (Å²) >= 11 is 0. The van der Waals surface area contributed by atoms with Gasteiger partial charge in [-0.25, -0.2) is 9.78 Å². The topological polar surface area (TPSA) is 97.8 Å². The number of hydrogen-bond donors (Lipinski definition) is 2. The van der Waals surface area contributed by atoms with Gasteiger partial charge in [-0.05, 0) is 41.7 Å². The number of rotatable bonds is 9. The molecular formula is C28H30N2O5. The molecule has 0 spiro atoms. The van der Waals surface area contributed by atoms with E-state index in [1.807, 2.05) is 54.6 Å². The summed E-state index contributed by atoms with van der Waals surface area (Å²) in [6.07, 6.45) is 4.93. The lowest BCUT2D eigenvalue weighted by Gasteiger charge is -2.30. The van der Waals surface area contributed by atoms with E-state index in [1.54, 1.807) is 19.4 Å². The summed E-state index contributed by atoms with van der Waals surface area (Å²) in [7, 11) is 3.17. The van der Waals surface area contributed by atoms with Crippen molar-refractivity contribution in [3.63, 3.8) is 0 Å². The maximum atomic E-state index is 13.5. The van der Waals surface area contributed by atoms with Crippen LogP contribution in [-0.2, 0) is 21.4 Å². The van der Waals surface area contributed by atoms with Gasteiger partial charge in [-0.15, -0.1) is 0 Å². The van der Waals surface area contributed by atoms with Crippen LogP contribution in [0.1, 0.15) is 36.8 Å². The Bertz CT molecular complexity index is 1190. The predicted octanol–water partition coefficient (Wildman–Crippen LogP) is 4.39. The fourth-order valence-corrected chi connectivity index (χ4v) is 4.88. The number of carboxylic acid groups (broad SMARTS) is 1. The molecule has 7 heteroatoms. The minimum absolute atomic E-state index is 0.184. The third-order valence-electron chi connectivity index (χ3n) is 6.80. The first-order valence-corrected chi connectivity index (χ1v) is 11.7. The lowest BCUT2D eigenvalue weighted by atomic mass is 9.78. The molecule has 1 aliphatic carbocycles. The molecule has 1 heterocycles. The minimum Gasteiger partial charge on any atom is -0.496 e. The highest BCUT2D eigenvalue weighted by molar-refractivity contribution is 5.92. The quantitative estimate of drug-likeness (QED) is 0.477. The molecular weight excluding hydrogens is 444 g/mol. The standard InChI is InChI=1S/C28H30N2O5/c1-34-24-8-4-3-7-22(24)20-11-9-19(10-12-20)17-23(26(31)32)30-27(33)28(14-5-6-15-28)21-13-16-29-25(18-21)35-2/h3-4,7-13,16,18,23H,5-6,14-15,17H2,1-2H3,(H,30,33)(H,31,32)/t23-/m0/s1. The average molecular weight is 475 g/mol. The molecule has 0 saturated heterocycles. The van der Waals surface area contributed by atoms with Crippen LogP contribution < -0.4 is 14.8 Å². The van der Waals surface area contributed by atoms with Crippen LogP contribution in [0.15, 0.2) is 66.9 Å². The number of amides is 1. The van der Waals surface area contributed by atoms with Gasteiger partial charge in [-0.3, -0.25) is 4.79 Å². The summed E-state index contributed by atoms with van der Waals surface area (Å²) in [6, 6.07) is 17.9. The van der Waals surface area contributed by atoms with Crippen molar-refractivity contribution >= 4 is 11.9 Å². The van der Waals surface area contributed by atoms with Crippen molar-refractivity contribution in [1.82, 2.24) is 10.3 Å². The molecule has 0 bridgehead atoms. The van der Waals surface area contributed by atoms with Crippen LogP contribution >= 0.6 is 0 Å². The zero-order valence-electron chi connectivity index (χ0n) is 20.0. The number of carbonyl (C=O) groups excluding carboxylic acids is 1. The number of ether oxygens (including phenoxy) is 2. The van der Waals surface area contributed by atoms with Gasteiger partial charge in [0.05, 0.1) is 19.6 Å². The van der Waals surface area contributed by atoms with E-state index in [0.29, 0.717) is 18.7 Å². The molecule has 35 heavy (non-hydrogen) atoms. The van der Waals surface area contributed by atoms with E-state index in [9.17, 15) is 14.7 Å². The summed E-state index contributed by atoms with van der Waals surface area (Å²) in [5, 5.41) is 12.7. The molecule has 7 nitrogen and oxygen atoms in total. The number of aromatic nitrogens is 1. The smallest absolute Gasteiger partial charge is 0.326 e. The molecule has 1 amide bonds. The van der Waals surface area contributed by atoms with Crippen LogP contribution in [0.2, 0.25) is 0 Å².